The molecule has 11 heavy (non-hydrogen) atoms. The molecule has 7 heteroatoms. The normalized spacial score (nSPS) is 11.6. The quantitative estimate of drug-likeness (QED) is 0.813. The van der Waals surface area contributed by atoms with Crippen molar-refractivity contribution in [2.24, 2.45) is 0 Å². The van der Waals surface area contributed by atoms with E-state index in [1.165, 1.54) is 0 Å². The van der Waals surface area contributed by atoms with Crippen LogP contribution in [0, 0.1) is 0 Å². The largest absolute Gasteiger partial charge is 0.677 e. The Morgan fingerprint density at radius 2 is 2.00 bits per heavy atom. The van der Waals surface area contributed by atoms with Crippen LogP contribution in [-0.2, 0) is 21.3 Å². The molecule has 0 heterocycles. The Labute approximate surface area is 81.6 Å². The summed E-state index contributed by atoms with van der Waals surface area (Å²) in [5.74, 6) is -1.14. The molecule has 0 aromatic carbocycles. The molecule has 0 amide bonds. The van der Waals surface area contributed by atoms with Crippen LogP contribution in [0.25, 0.3) is 11.5 Å². The Morgan fingerprint density at radius 3 is 2.09 bits per heavy atom. The fraction of sp³-hybridized carbons (Fsp3) is 0.750. The Bertz CT molecular complexity index is 106. The molecule has 0 aliphatic carbocycles. The van der Waals surface area contributed by atoms with Crippen molar-refractivity contribution in [1.29, 1.82) is 0 Å². The van der Waals surface area contributed by atoms with Crippen molar-refractivity contribution < 1.29 is 26.4 Å². The van der Waals surface area contributed by atoms with Crippen molar-refractivity contribution in [3.05, 3.63) is 11.5 Å². The van der Waals surface area contributed by atoms with E-state index in [9.17, 15) is 4.79 Å². The number of nitrogens with one attached hydrogen (secondary N) is 2. The van der Waals surface area contributed by atoms with Crippen LogP contribution < -0.4 is 0 Å². The Kier molecular flexibility index (Phi) is 13.8. The number of rotatable bonds is 3. The van der Waals surface area contributed by atoms with Gasteiger partial charge in [0.05, 0.1) is 0 Å². The van der Waals surface area contributed by atoms with Gasteiger partial charge in [-0.1, -0.05) is 6.42 Å². The summed E-state index contributed by atoms with van der Waals surface area (Å²) in [7, 11) is 9.75. The van der Waals surface area contributed by atoms with Gasteiger partial charge in [-0.25, -0.2) is 0 Å². The fourth-order valence-electron chi connectivity index (χ4n) is 0.268. The molecule has 70 valence electrons. The van der Waals surface area contributed by atoms with E-state index in [2.05, 4.69) is 0 Å². The van der Waals surface area contributed by atoms with E-state index in [1.807, 2.05) is 0 Å². The molecule has 0 fully saturated rings. The van der Waals surface area contributed by atoms with Gasteiger partial charge in [-0.05, 0) is 6.04 Å². The van der Waals surface area contributed by atoms with Crippen LogP contribution in [-0.4, -0.2) is 23.7 Å². The van der Waals surface area contributed by atoms with Crippen LogP contribution >= 0.6 is 18.8 Å². The number of carbonyl (C=O) groups is 1. The second-order valence-electron chi connectivity index (χ2n) is 1.47. The first-order valence-corrected chi connectivity index (χ1v) is 8.14. The minimum absolute atomic E-state index is 0.0144. The third-order valence-corrected chi connectivity index (χ3v) is 0.731. The molecule has 0 aliphatic heterocycles. The van der Waals surface area contributed by atoms with E-state index in [0.29, 0.717) is 0 Å². The predicted octanol–water partition coefficient (Wildman–Crippen LogP) is 2.31. The topological polar surface area (TPSA) is 84.9 Å². The van der Waals surface area contributed by atoms with Gasteiger partial charge >= 0.3 is 35.3 Å². The third kappa shape index (κ3) is 13.6. The summed E-state index contributed by atoms with van der Waals surface area (Å²) < 4.78 is 0. The van der Waals surface area contributed by atoms with E-state index in [0.717, 1.165) is 0 Å². The summed E-state index contributed by atoms with van der Waals surface area (Å²) in [6.07, 6.45) is 0.120. The molecule has 0 radical (unpaired) electrons. The van der Waals surface area contributed by atoms with Gasteiger partial charge in [0.1, 0.15) is 0 Å². The molecule has 3 N–H and O–H groups in total. The van der Waals surface area contributed by atoms with Crippen LogP contribution in [0.3, 0.4) is 0 Å². The van der Waals surface area contributed by atoms with Gasteiger partial charge in [-0.2, -0.15) is 6.54 Å². The first kappa shape index (κ1) is 14.2. The van der Waals surface area contributed by atoms with Gasteiger partial charge in [0, 0.05) is 0 Å². The van der Waals surface area contributed by atoms with Gasteiger partial charge < -0.3 is 16.6 Å². The fourth-order valence-corrected chi connectivity index (χ4v) is 0.268. The molecular weight excluding hydrogens is 374 g/mol. The van der Waals surface area contributed by atoms with Gasteiger partial charge in [0.15, 0.2) is 0 Å². The number of hydrogen-bond acceptors (Lipinski definition) is 1. The summed E-state index contributed by atoms with van der Waals surface area (Å²) in [6.45, 7) is 0.0144. The Morgan fingerprint density at radius 1 is 1.64 bits per heavy atom. The second-order valence-corrected chi connectivity index (χ2v) is 4.76. The van der Waals surface area contributed by atoms with Crippen LogP contribution in [0.4, 0.5) is 0 Å². The monoisotopic (exact) mass is 381 g/mol. The SMILES string of the molecule is [Cl][Pt+2][Cl].[NH-]CCC([NH-])C(=O)O. The van der Waals surface area contributed by atoms with E-state index >= 15 is 0 Å². The van der Waals surface area contributed by atoms with Crippen LogP contribution in [0.5, 0.6) is 0 Å². The molecule has 0 bridgehead atoms. The third-order valence-electron chi connectivity index (χ3n) is 0.731. The maximum absolute atomic E-state index is 9.82. The molecule has 0 saturated carbocycles. The zero-order valence-corrected chi connectivity index (χ0v) is 9.20. The predicted molar refractivity (Wildman–Crippen MR) is 41.3 cm³/mol. The number of carboxylic acids is 1. The van der Waals surface area contributed by atoms with Crippen molar-refractivity contribution in [1.82, 2.24) is 0 Å². The van der Waals surface area contributed by atoms with Crippen molar-refractivity contribution >= 4 is 24.8 Å². The molecule has 1 atom stereocenters. The van der Waals surface area contributed by atoms with Gasteiger partial charge in [0.25, 0.3) is 5.97 Å². The zero-order valence-electron chi connectivity index (χ0n) is 5.42. The summed E-state index contributed by atoms with van der Waals surface area (Å²) in [5, 5.41) is 8.04. The van der Waals surface area contributed by atoms with Crippen LogP contribution in [0.1, 0.15) is 6.42 Å². The van der Waals surface area contributed by atoms with E-state index in [-0.39, 0.29) is 13.0 Å². The second kappa shape index (κ2) is 10.7. The maximum atomic E-state index is 9.82. The Balaban J connectivity index is 0. The van der Waals surface area contributed by atoms with Gasteiger partial charge in [-0.15, -0.1) is 0 Å². The zero-order chi connectivity index (χ0) is 9.28. The molecule has 4 nitrogen and oxygen atoms in total. The van der Waals surface area contributed by atoms with Crippen molar-refractivity contribution in [3.63, 3.8) is 0 Å². The molecule has 0 aromatic rings. The Hall–Kier alpha value is 0.658. The standard InChI is InChI=1S/C4H8N2O2.2ClH.Pt/c5-2-1-3(6)4(7)8;;;/h3,5-6H,1-2H2,(H,7,8);2*1H;/q-2;;;+4/p-2. The molecule has 0 spiro atoms. The van der Waals surface area contributed by atoms with E-state index < -0.39 is 28.5 Å². The van der Waals surface area contributed by atoms with Gasteiger partial charge in [0.2, 0.25) is 0 Å². The molecular formula is C4H8Cl2N2O2Pt. The maximum Gasteiger partial charge on any atom is 0.285 e. The van der Waals surface area contributed by atoms with E-state index in [1.54, 1.807) is 0 Å². The van der Waals surface area contributed by atoms with Crippen molar-refractivity contribution in [2.75, 3.05) is 6.54 Å². The number of hydrogen-bond donors (Lipinski definition) is 1. The van der Waals surface area contributed by atoms with Crippen LogP contribution in [0.15, 0.2) is 0 Å². The first-order valence-electron chi connectivity index (χ1n) is 2.51. The molecule has 0 aromatic heterocycles. The van der Waals surface area contributed by atoms with Gasteiger partial charge in [-0.3, -0.25) is 4.79 Å². The summed E-state index contributed by atoms with van der Waals surface area (Å²) in [5.41, 5.74) is 13.3. The van der Waals surface area contributed by atoms with Crippen molar-refractivity contribution in [3.8, 4) is 0 Å². The van der Waals surface area contributed by atoms with E-state index in [4.69, 9.17) is 35.4 Å². The minimum atomic E-state index is -1.14. The molecule has 0 rings (SSSR count). The first-order chi connectivity index (χ1) is 5.09. The average Bonchev–Trinajstić information content (AvgIpc) is 1.90. The number of aliphatic carboxylic acids is 1. The molecule has 0 aliphatic rings. The number of carboxylic acid groups (broad SMARTS) is 1. The molecule has 0 saturated heterocycles. The smallest absolute Gasteiger partial charge is 0.285 e. The number of halogens is 2. The average molecular weight is 382 g/mol. The summed E-state index contributed by atoms with van der Waals surface area (Å²) >= 11 is -0.472. The van der Waals surface area contributed by atoms with Crippen molar-refractivity contribution in [2.45, 2.75) is 12.5 Å². The van der Waals surface area contributed by atoms with Crippen LogP contribution in [0.2, 0.25) is 0 Å². The minimum Gasteiger partial charge on any atom is -0.677 e. The summed E-state index contributed by atoms with van der Waals surface area (Å²) in [4.78, 5) is 9.82. The summed E-state index contributed by atoms with van der Waals surface area (Å²) in [6, 6.07) is -1.10. The molecule has 1 unspecified atom stereocenters.